The molecular formula is C13H22N2OS. The summed E-state index contributed by atoms with van der Waals surface area (Å²) in [6.07, 6.45) is 0.976. The van der Waals surface area contributed by atoms with Crippen molar-refractivity contribution in [2.75, 3.05) is 14.1 Å². The lowest BCUT2D eigenvalue weighted by atomic mass is 10.1. The first-order valence-electron chi connectivity index (χ1n) is 5.92. The largest absolute Gasteiger partial charge is 0.347 e. The van der Waals surface area contributed by atoms with E-state index in [1.54, 1.807) is 19.0 Å². The SMILES string of the molecule is Cc1ccc(CC(C)NC(C)C(=O)N(C)C)s1. The van der Waals surface area contributed by atoms with Crippen LogP contribution in [0.5, 0.6) is 0 Å². The van der Waals surface area contributed by atoms with E-state index < -0.39 is 0 Å². The topological polar surface area (TPSA) is 32.3 Å². The molecule has 0 aliphatic carbocycles. The zero-order valence-corrected chi connectivity index (χ0v) is 12.1. The molecule has 0 saturated heterocycles. The summed E-state index contributed by atoms with van der Waals surface area (Å²) < 4.78 is 0. The standard InChI is InChI=1S/C13H22N2OS/c1-9(8-12-7-6-10(2)17-12)14-11(3)13(16)15(4)5/h6-7,9,11,14H,8H2,1-5H3. The number of hydrogen-bond donors (Lipinski definition) is 1. The lowest BCUT2D eigenvalue weighted by Crippen LogP contribution is -2.45. The molecule has 0 aromatic carbocycles. The average Bonchev–Trinajstić information content (AvgIpc) is 2.62. The fourth-order valence-electron chi connectivity index (χ4n) is 1.84. The maximum Gasteiger partial charge on any atom is 0.238 e. The van der Waals surface area contributed by atoms with Crippen LogP contribution in [0.3, 0.4) is 0 Å². The molecule has 2 unspecified atom stereocenters. The van der Waals surface area contributed by atoms with Crippen LogP contribution in [0.1, 0.15) is 23.6 Å². The van der Waals surface area contributed by atoms with Crippen molar-refractivity contribution in [3.8, 4) is 0 Å². The zero-order chi connectivity index (χ0) is 13.0. The van der Waals surface area contributed by atoms with Gasteiger partial charge in [-0.1, -0.05) is 0 Å². The van der Waals surface area contributed by atoms with E-state index in [0.29, 0.717) is 6.04 Å². The van der Waals surface area contributed by atoms with Gasteiger partial charge in [-0.25, -0.2) is 0 Å². The molecule has 0 spiro atoms. The van der Waals surface area contributed by atoms with Crippen LogP contribution in [0.15, 0.2) is 12.1 Å². The Hall–Kier alpha value is -0.870. The van der Waals surface area contributed by atoms with Crippen LogP contribution in [-0.4, -0.2) is 37.0 Å². The number of hydrogen-bond acceptors (Lipinski definition) is 3. The van der Waals surface area contributed by atoms with E-state index in [0.717, 1.165) is 6.42 Å². The van der Waals surface area contributed by atoms with Gasteiger partial charge in [-0.15, -0.1) is 11.3 Å². The highest BCUT2D eigenvalue weighted by Crippen LogP contribution is 2.16. The highest BCUT2D eigenvalue weighted by Gasteiger charge is 2.17. The molecule has 3 nitrogen and oxygen atoms in total. The molecule has 96 valence electrons. The molecule has 0 fully saturated rings. The number of nitrogens with one attached hydrogen (secondary N) is 1. The minimum Gasteiger partial charge on any atom is -0.347 e. The maximum absolute atomic E-state index is 11.7. The number of rotatable bonds is 5. The number of nitrogens with zero attached hydrogens (tertiary/aromatic N) is 1. The van der Waals surface area contributed by atoms with Gasteiger partial charge in [0.15, 0.2) is 0 Å². The summed E-state index contributed by atoms with van der Waals surface area (Å²) in [5, 5.41) is 3.33. The first kappa shape index (κ1) is 14.2. The molecule has 0 saturated carbocycles. The highest BCUT2D eigenvalue weighted by molar-refractivity contribution is 7.11. The summed E-state index contributed by atoms with van der Waals surface area (Å²) in [7, 11) is 3.57. The third-order valence-corrected chi connectivity index (χ3v) is 3.67. The van der Waals surface area contributed by atoms with Crippen molar-refractivity contribution >= 4 is 17.2 Å². The molecule has 1 amide bonds. The molecule has 0 aliphatic rings. The smallest absolute Gasteiger partial charge is 0.238 e. The summed E-state index contributed by atoms with van der Waals surface area (Å²) in [6.45, 7) is 6.15. The monoisotopic (exact) mass is 254 g/mol. The summed E-state index contributed by atoms with van der Waals surface area (Å²) in [6, 6.07) is 4.49. The van der Waals surface area contributed by atoms with Gasteiger partial charge >= 0.3 is 0 Å². The van der Waals surface area contributed by atoms with Crippen LogP contribution >= 0.6 is 11.3 Å². The van der Waals surface area contributed by atoms with Crippen LogP contribution in [0, 0.1) is 6.92 Å². The third kappa shape index (κ3) is 4.48. The van der Waals surface area contributed by atoms with Crippen molar-refractivity contribution in [3.63, 3.8) is 0 Å². The molecular weight excluding hydrogens is 232 g/mol. The molecule has 0 bridgehead atoms. The van der Waals surface area contributed by atoms with Crippen molar-refractivity contribution in [2.24, 2.45) is 0 Å². The summed E-state index contributed by atoms with van der Waals surface area (Å²) in [5.74, 6) is 0.124. The van der Waals surface area contributed by atoms with Gasteiger partial charge in [0, 0.05) is 29.9 Å². The lowest BCUT2D eigenvalue weighted by molar-refractivity contribution is -0.130. The maximum atomic E-state index is 11.7. The van der Waals surface area contributed by atoms with E-state index in [-0.39, 0.29) is 11.9 Å². The Labute approximate surface area is 108 Å². The van der Waals surface area contributed by atoms with Crippen molar-refractivity contribution in [2.45, 2.75) is 39.3 Å². The third-order valence-electron chi connectivity index (χ3n) is 2.65. The molecule has 0 radical (unpaired) electrons. The Bertz CT molecular complexity index is 373. The van der Waals surface area contributed by atoms with Crippen LogP contribution in [0.25, 0.3) is 0 Å². The minimum absolute atomic E-state index is 0.124. The Morgan fingerprint density at radius 3 is 2.53 bits per heavy atom. The second-order valence-corrected chi connectivity index (χ2v) is 6.11. The van der Waals surface area contributed by atoms with Gasteiger partial charge < -0.3 is 10.2 Å². The average molecular weight is 254 g/mol. The van der Waals surface area contributed by atoms with Crippen molar-refractivity contribution in [3.05, 3.63) is 21.9 Å². The van der Waals surface area contributed by atoms with Gasteiger partial charge in [0.05, 0.1) is 6.04 Å². The summed E-state index contributed by atoms with van der Waals surface area (Å²) in [5.41, 5.74) is 0. The number of thiophene rings is 1. The molecule has 2 atom stereocenters. The van der Waals surface area contributed by atoms with E-state index in [1.165, 1.54) is 9.75 Å². The number of carbonyl (C=O) groups excluding carboxylic acids is 1. The molecule has 1 aromatic heterocycles. The first-order valence-corrected chi connectivity index (χ1v) is 6.74. The van der Waals surface area contributed by atoms with E-state index >= 15 is 0 Å². The number of aryl methyl sites for hydroxylation is 1. The van der Waals surface area contributed by atoms with Crippen LogP contribution in [0.2, 0.25) is 0 Å². The molecule has 17 heavy (non-hydrogen) atoms. The van der Waals surface area contributed by atoms with E-state index in [9.17, 15) is 4.79 Å². The summed E-state index contributed by atoms with van der Waals surface area (Å²) in [4.78, 5) is 16.0. The van der Waals surface area contributed by atoms with E-state index in [1.807, 2.05) is 18.3 Å². The minimum atomic E-state index is -0.124. The van der Waals surface area contributed by atoms with Crippen LogP contribution in [0.4, 0.5) is 0 Å². The normalized spacial score (nSPS) is 14.4. The fourth-order valence-corrected chi connectivity index (χ4v) is 2.86. The van der Waals surface area contributed by atoms with Gasteiger partial charge in [0.2, 0.25) is 5.91 Å². The molecule has 1 aromatic rings. The molecule has 4 heteroatoms. The van der Waals surface area contributed by atoms with Crippen molar-refractivity contribution in [1.82, 2.24) is 10.2 Å². The first-order chi connectivity index (χ1) is 7.90. The van der Waals surface area contributed by atoms with Gasteiger partial charge in [0.1, 0.15) is 0 Å². The Kier molecular flexibility index (Phi) is 5.15. The Balaban J connectivity index is 2.44. The van der Waals surface area contributed by atoms with E-state index in [2.05, 4.69) is 31.3 Å². The second-order valence-electron chi connectivity index (χ2n) is 4.74. The molecule has 0 aliphatic heterocycles. The van der Waals surface area contributed by atoms with Crippen molar-refractivity contribution < 1.29 is 4.79 Å². The zero-order valence-electron chi connectivity index (χ0n) is 11.3. The molecule has 1 N–H and O–H groups in total. The second kappa shape index (κ2) is 6.17. The van der Waals surface area contributed by atoms with Gasteiger partial charge in [-0.3, -0.25) is 4.79 Å². The van der Waals surface area contributed by atoms with Crippen molar-refractivity contribution in [1.29, 1.82) is 0 Å². The number of likely N-dealkylation sites (N-methyl/N-ethyl adjacent to an activating group) is 1. The quantitative estimate of drug-likeness (QED) is 0.872. The van der Waals surface area contributed by atoms with Crippen LogP contribution < -0.4 is 5.32 Å². The Morgan fingerprint density at radius 2 is 2.06 bits per heavy atom. The Morgan fingerprint density at radius 1 is 1.41 bits per heavy atom. The number of carbonyl (C=O) groups is 1. The predicted octanol–water partition coefficient (Wildman–Crippen LogP) is 2.05. The number of amides is 1. The highest BCUT2D eigenvalue weighted by atomic mass is 32.1. The van der Waals surface area contributed by atoms with Gasteiger partial charge in [-0.2, -0.15) is 0 Å². The van der Waals surface area contributed by atoms with Gasteiger partial charge in [0.25, 0.3) is 0 Å². The van der Waals surface area contributed by atoms with Gasteiger partial charge in [-0.05, 0) is 39.3 Å². The molecule has 1 rings (SSSR count). The summed E-state index contributed by atoms with van der Waals surface area (Å²) >= 11 is 1.82. The molecule has 1 heterocycles. The van der Waals surface area contributed by atoms with Crippen LogP contribution in [-0.2, 0) is 11.2 Å². The predicted molar refractivity (Wildman–Crippen MR) is 73.5 cm³/mol. The van der Waals surface area contributed by atoms with E-state index in [4.69, 9.17) is 0 Å². The fraction of sp³-hybridized carbons (Fsp3) is 0.615. The lowest BCUT2D eigenvalue weighted by Gasteiger charge is -2.21.